The average Bonchev–Trinajstić information content (AvgIpc) is 3.37. The Balaban J connectivity index is 1.09. The normalized spacial score (nSPS) is 13.4. The molecule has 2 aromatic heterocycles. The van der Waals surface area contributed by atoms with Crippen LogP contribution in [0, 0.1) is 0 Å². The molecule has 2 aliphatic rings. The lowest BCUT2D eigenvalue weighted by atomic mass is 9.82. The molecule has 5 nitrogen and oxygen atoms in total. The van der Waals surface area contributed by atoms with Crippen molar-refractivity contribution in [2.75, 3.05) is 0 Å². The number of hydrogen-bond donors (Lipinski definition) is 0. The Morgan fingerprint density at radius 1 is 0.489 bits per heavy atom. The third-order valence-corrected chi connectivity index (χ3v) is 9.24. The summed E-state index contributed by atoms with van der Waals surface area (Å²) in [4.78, 5) is 14.4. The van der Waals surface area contributed by atoms with Gasteiger partial charge in [0.15, 0.2) is 28.8 Å². The molecule has 47 heavy (non-hydrogen) atoms. The Kier molecular flexibility index (Phi) is 6.09. The molecule has 0 N–H and O–H groups in total. The molecule has 0 saturated carbocycles. The van der Waals surface area contributed by atoms with Gasteiger partial charge in [-0.1, -0.05) is 117 Å². The van der Waals surface area contributed by atoms with Gasteiger partial charge in [-0.15, -0.1) is 0 Å². The molecule has 0 saturated heterocycles. The van der Waals surface area contributed by atoms with Crippen LogP contribution in [0.2, 0.25) is 0 Å². The molecule has 1 aliphatic carbocycles. The van der Waals surface area contributed by atoms with Crippen molar-refractivity contribution < 1.29 is 9.47 Å². The van der Waals surface area contributed by atoms with E-state index in [1.54, 1.807) is 6.20 Å². The minimum absolute atomic E-state index is 0.113. The molecular formula is C42H29N3O2. The standard InChI is InChI=1S/C42H29N3O2/c1-42(2)31-15-7-6-13-30(31)38-32(42)22-23-37-40(38)47-36-17-10-14-29(39(36)46-37)26-18-20-27(21-19-26)34-25-35(33-16-8-9-24-43-33)45-41(44-34)28-11-4-3-5-12-28/h3-25H,1-2H3. The van der Waals surface area contributed by atoms with E-state index in [1.807, 2.05) is 72.8 Å². The fourth-order valence-corrected chi connectivity index (χ4v) is 6.85. The fraction of sp³-hybridized carbons (Fsp3) is 0.0714. The van der Waals surface area contributed by atoms with Gasteiger partial charge >= 0.3 is 0 Å². The molecule has 1 aliphatic heterocycles. The van der Waals surface area contributed by atoms with Crippen LogP contribution in [-0.4, -0.2) is 15.0 Å². The van der Waals surface area contributed by atoms with Crippen molar-refractivity contribution >= 4 is 0 Å². The number of fused-ring (bicyclic) bond motifs is 6. The zero-order chi connectivity index (χ0) is 31.5. The number of para-hydroxylation sites is 1. The van der Waals surface area contributed by atoms with Crippen molar-refractivity contribution in [3.8, 4) is 79.3 Å². The first-order valence-electron chi connectivity index (χ1n) is 15.8. The largest absolute Gasteiger partial charge is 0.449 e. The second-order valence-electron chi connectivity index (χ2n) is 12.4. The monoisotopic (exact) mass is 607 g/mol. The van der Waals surface area contributed by atoms with Crippen molar-refractivity contribution in [1.29, 1.82) is 0 Å². The molecule has 0 unspecified atom stereocenters. The lowest BCUT2D eigenvalue weighted by molar-refractivity contribution is 0.361. The number of benzene rings is 5. The van der Waals surface area contributed by atoms with Crippen molar-refractivity contribution in [2.24, 2.45) is 0 Å². The molecule has 224 valence electrons. The van der Waals surface area contributed by atoms with Crippen molar-refractivity contribution in [3.05, 3.63) is 151 Å². The van der Waals surface area contributed by atoms with Crippen LogP contribution < -0.4 is 9.47 Å². The number of aromatic nitrogens is 3. The van der Waals surface area contributed by atoms with E-state index in [1.165, 1.54) is 16.7 Å². The van der Waals surface area contributed by atoms with Gasteiger partial charge in [-0.3, -0.25) is 4.98 Å². The summed E-state index contributed by atoms with van der Waals surface area (Å²) >= 11 is 0. The minimum Gasteiger partial charge on any atom is -0.449 e. The number of ether oxygens (including phenoxy) is 2. The first-order valence-corrected chi connectivity index (χ1v) is 15.8. The second kappa shape index (κ2) is 10.5. The lowest BCUT2D eigenvalue weighted by Gasteiger charge is -2.26. The van der Waals surface area contributed by atoms with Crippen LogP contribution in [-0.2, 0) is 5.41 Å². The number of nitrogens with zero attached hydrogens (tertiary/aromatic N) is 3. The molecule has 0 amide bonds. The molecule has 5 heteroatoms. The summed E-state index contributed by atoms with van der Waals surface area (Å²) in [6.45, 7) is 4.54. The van der Waals surface area contributed by atoms with Crippen molar-refractivity contribution in [1.82, 2.24) is 15.0 Å². The molecule has 0 atom stereocenters. The highest BCUT2D eigenvalue weighted by Crippen LogP contribution is 2.59. The van der Waals surface area contributed by atoms with Gasteiger partial charge in [0.05, 0.1) is 17.1 Å². The lowest BCUT2D eigenvalue weighted by Crippen LogP contribution is -2.15. The van der Waals surface area contributed by atoms with Crippen molar-refractivity contribution in [2.45, 2.75) is 19.3 Å². The molecular weight excluding hydrogens is 578 g/mol. The molecule has 0 spiro atoms. The topological polar surface area (TPSA) is 57.1 Å². The fourth-order valence-electron chi connectivity index (χ4n) is 6.85. The maximum atomic E-state index is 6.69. The highest BCUT2D eigenvalue weighted by atomic mass is 16.6. The van der Waals surface area contributed by atoms with E-state index in [2.05, 4.69) is 79.5 Å². The molecule has 9 rings (SSSR count). The van der Waals surface area contributed by atoms with Crippen LogP contribution >= 0.6 is 0 Å². The molecule has 0 radical (unpaired) electrons. The zero-order valence-electron chi connectivity index (χ0n) is 25.9. The predicted octanol–water partition coefficient (Wildman–Crippen LogP) is 10.7. The highest BCUT2D eigenvalue weighted by Gasteiger charge is 2.39. The highest BCUT2D eigenvalue weighted by molar-refractivity contribution is 5.89. The van der Waals surface area contributed by atoms with E-state index in [0.717, 1.165) is 56.4 Å². The summed E-state index contributed by atoms with van der Waals surface area (Å²) in [5.74, 6) is 3.58. The van der Waals surface area contributed by atoms with Gasteiger partial charge in [-0.05, 0) is 52.6 Å². The third-order valence-electron chi connectivity index (χ3n) is 9.24. The molecule has 0 bridgehead atoms. The van der Waals surface area contributed by atoms with Gasteiger partial charge in [0, 0.05) is 33.9 Å². The summed E-state index contributed by atoms with van der Waals surface area (Å²) in [6, 6.07) is 45.2. The van der Waals surface area contributed by atoms with Gasteiger partial charge in [-0.2, -0.15) is 0 Å². The van der Waals surface area contributed by atoms with E-state index in [-0.39, 0.29) is 5.41 Å². The van der Waals surface area contributed by atoms with Crippen LogP contribution in [0.15, 0.2) is 140 Å². The Hall–Kier alpha value is -6.07. The quantitative estimate of drug-likeness (QED) is 0.199. The van der Waals surface area contributed by atoms with Gasteiger partial charge < -0.3 is 9.47 Å². The average molecular weight is 608 g/mol. The minimum atomic E-state index is -0.113. The maximum absolute atomic E-state index is 6.69. The summed E-state index contributed by atoms with van der Waals surface area (Å²) in [7, 11) is 0. The SMILES string of the molecule is CC1(C)c2ccccc2-c2c1ccc1c2Oc2cccc(-c3ccc(-c4cc(-c5ccccn5)nc(-c5ccccc5)n4)cc3)c2O1. The van der Waals surface area contributed by atoms with Crippen LogP contribution in [0.25, 0.3) is 56.3 Å². The first-order chi connectivity index (χ1) is 23.0. The van der Waals surface area contributed by atoms with E-state index in [4.69, 9.17) is 19.4 Å². The van der Waals surface area contributed by atoms with E-state index < -0.39 is 0 Å². The molecule has 3 heterocycles. The second-order valence-corrected chi connectivity index (χ2v) is 12.4. The van der Waals surface area contributed by atoms with Crippen LogP contribution in [0.3, 0.4) is 0 Å². The number of rotatable bonds is 4. The maximum Gasteiger partial charge on any atom is 0.178 e. The Bertz CT molecular complexity index is 2260. The Morgan fingerprint density at radius 3 is 2.02 bits per heavy atom. The number of pyridine rings is 1. The first kappa shape index (κ1) is 27.3. The zero-order valence-corrected chi connectivity index (χ0v) is 25.9. The predicted molar refractivity (Wildman–Crippen MR) is 186 cm³/mol. The van der Waals surface area contributed by atoms with Gasteiger partial charge in [0.1, 0.15) is 0 Å². The summed E-state index contributed by atoms with van der Waals surface area (Å²) in [6.07, 6.45) is 1.78. The van der Waals surface area contributed by atoms with Crippen LogP contribution in [0.5, 0.6) is 23.0 Å². The van der Waals surface area contributed by atoms with Gasteiger partial charge in [0.2, 0.25) is 0 Å². The molecule has 0 fully saturated rings. The Labute approximate surface area is 273 Å². The summed E-state index contributed by atoms with van der Waals surface area (Å²) in [5.41, 5.74) is 11.1. The van der Waals surface area contributed by atoms with E-state index in [0.29, 0.717) is 17.3 Å². The molecule has 5 aromatic carbocycles. The van der Waals surface area contributed by atoms with E-state index >= 15 is 0 Å². The summed E-state index contributed by atoms with van der Waals surface area (Å²) in [5, 5.41) is 0. The third kappa shape index (κ3) is 4.43. The van der Waals surface area contributed by atoms with E-state index in [9.17, 15) is 0 Å². The van der Waals surface area contributed by atoms with Crippen molar-refractivity contribution in [3.63, 3.8) is 0 Å². The molecule has 7 aromatic rings. The van der Waals surface area contributed by atoms with Gasteiger partial charge in [-0.25, -0.2) is 9.97 Å². The smallest absolute Gasteiger partial charge is 0.178 e. The Morgan fingerprint density at radius 2 is 1.19 bits per heavy atom. The van der Waals surface area contributed by atoms with Gasteiger partial charge in [0.25, 0.3) is 0 Å². The van der Waals surface area contributed by atoms with Crippen LogP contribution in [0.4, 0.5) is 0 Å². The summed E-state index contributed by atoms with van der Waals surface area (Å²) < 4.78 is 13.4. The van der Waals surface area contributed by atoms with Crippen LogP contribution in [0.1, 0.15) is 25.0 Å². The number of hydrogen-bond acceptors (Lipinski definition) is 5.